The van der Waals surface area contributed by atoms with Crippen molar-refractivity contribution in [1.29, 1.82) is 5.26 Å². The number of carbonyl (C=O) groups is 1. The Bertz CT molecular complexity index is 751. The van der Waals surface area contributed by atoms with Crippen LogP contribution in [0.15, 0.2) is 12.4 Å². The van der Waals surface area contributed by atoms with Gasteiger partial charge in [-0.1, -0.05) is 11.6 Å². The van der Waals surface area contributed by atoms with E-state index in [2.05, 4.69) is 15.4 Å². The van der Waals surface area contributed by atoms with Crippen LogP contribution in [0.3, 0.4) is 0 Å². The lowest BCUT2D eigenvalue weighted by Gasteiger charge is -2.19. The molecule has 3 rings (SSSR count). The predicted octanol–water partition coefficient (Wildman–Crippen LogP) is 1.16. The van der Waals surface area contributed by atoms with E-state index in [1.165, 1.54) is 16.9 Å². The van der Waals surface area contributed by atoms with E-state index in [9.17, 15) is 4.79 Å². The van der Waals surface area contributed by atoms with Crippen molar-refractivity contribution in [3.63, 3.8) is 0 Å². The summed E-state index contributed by atoms with van der Waals surface area (Å²) < 4.78 is 7.31. The van der Waals surface area contributed by atoms with Gasteiger partial charge in [0.15, 0.2) is 5.15 Å². The van der Waals surface area contributed by atoms with Crippen molar-refractivity contribution >= 4 is 23.0 Å². The monoisotopic (exact) mass is 305 g/mol. The summed E-state index contributed by atoms with van der Waals surface area (Å²) in [6.45, 7) is 2.44. The Morgan fingerprint density at radius 1 is 1.67 bits per heavy atom. The highest BCUT2D eigenvalue weighted by atomic mass is 35.5. The smallest absolute Gasteiger partial charge is 0.243 e. The zero-order valence-electron chi connectivity index (χ0n) is 11.2. The number of hydrogen-bond donors (Lipinski definition) is 1. The fraction of sp³-hybridized carbons (Fsp3) is 0.385. The van der Waals surface area contributed by atoms with E-state index >= 15 is 0 Å². The molecule has 0 spiro atoms. The van der Waals surface area contributed by atoms with Crippen LogP contribution in [0.2, 0.25) is 5.15 Å². The molecule has 1 saturated heterocycles. The zero-order chi connectivity index (χ0) is 15.0. The molecule has 0 saturated carbocycles. The summed E-state index contributed by atoms with van der Waals surface area (Å²) in [4.78, 5) is 15.4. The second-order valence-corrected chi connectivity index (χ2v) is 5.31. The molecule has 21 heavy (non-hydrogen) atoms. The summed E-state index contributed by atoms with van der Waals surface area (Å²) in [6.07, 6.45) is 3.13. The van der Waals surface area contributed by atoms with Gasteiger partial charge < -0.3 is 10.1 Å². The first-order valence-corrected chi connectivity index (χ1v) is 6.83. The molecule has 7 nitrogen and oxygen atoms in total. The standard InChI is InChI=1S/C13H12ClN5O2/c1-7(8-2-11(20)16-4-8)21-13-12-9(3-15)5-17-19(12)6-10(14)18-13/h5-8H,2,4H2,1H3,(H,16,20)/t7-,8-/m1/s1. The molecule has 108 valence electrons. The van der Waals surface area contributed by atoms with Gasteiger partial charge in [0.05, 0.1) is 12.4 Å². The van der Waals surface area contributed by atoms with E-state index in [-0.39, 0.29) is 29.0 Å². The molecule has 1 aliphatic heterocycles. The maximum Gasteiger partial charge on any atom is 0.243 e. The number of nitriles is 1. The summed E-state index contributed by atoms with van der Waals surface area (Å²) >= 11 is 5.94. The Labute approximate surface area is 125 Å². The Hall–Kier alpha value is -2.33. The summed E-state index contributed by atoms with van der Waals surface area (Å²) in [7, 11) is 0. The van der Waals surface area contributed by atoms with Crippen molar-refractivity contribution in [3.8, 4) is 11.9 Å². The zero-order valence-corrected chi connectivity index (χ0v) is 12.0. The fourth-order valence-electron chi connectivity index (χ4n) is 2.35. The Morgan fingerprint density at radius 2 is 2.48 bits per heavy atom. The molecule has 0 aromatic carbocycles. The highest BCUT2D eigenvalue weighted by Gasteiger charge is 2.29. The molecule has 8 heteroatoms. The van der Waals surface area contributed by atoms with Gasteiger partial charge in [0.2, 0.25) is 11.8 Å². The molecule has 0 aliphatic carbocycles. The minimum Gasteiger partial charge on any atom is -0.473 e. The molecule has 2 atom stereocenters. The molecule has 1 amide bonds. The number of rotatable bonds is 3. The quantitative estimate of drug-likeness (QED) is 0.918. The van der Waals surface area contributed by atoms with Crippen LogP contribution < -0.4 is 10.1 Å². The van der Waals surface area contributed by atoms with Crippen LogP contribution in [0, 0.1) is 17.2 Å². The van der Waals surface area contributed by atoms with Crippen molar-refractivity contribution in [1.82, 2.24) is 19.9 Å². The van der Waals surface area contributed by atoms with Crippen LogP contribution in [0.25, 0.3) is 5.52 Å². The summed E-state index contributed by atoms with van der Waals surface area (Å²) in [5.74, 6) is 0.330. The SMILES string of the molecule is C[C@@H](Oc1nc(Cl)cn2ncc(C#N)c12)[C@H]1CNC(=O)C1. The van der Waals surface area contributed by atoms with E-state index in [0.29, 0.717) is 24.0 Å². The number of carbonyl (C=O) groups excluding carboxylic acids is 1. The number of halogens is 1. The molecule has 0 radical (unpaired) electrons. The molecule has 2 aromatic heterocycles. The maximum absolute atomic E-state index is 11.3. The van der Waals surface area contributed by atoms with E-state index in [1.807, 2.05) is 13.0 Å². The first-order valence-electron chi connectivity index (χ1n) is 6.46. The Morgan fingerprint density at radius 3 is 3.14 bits per heavy atom. The number of fused-ring (bicyclic) bond motifs is 1. The lowest BCUT2D eigenvalue weighted by molar-refractivity contribution is -0.119. The first-order chi connectivity index (χ1) is 10.1. The fourth-order valence-corrected chi connectivity index (χ4v) is 2.52. The number of amides is 1. The molecule has 2 aromatic rings. The van der Waals surface area contributed by atoms with Crippen LogP contribution in [0.4, 0.5) is 0 Å². The second kappa shape index (κ2) is 5.22. The topological polar surface area (TPSA) is 92.3 Å². The molecular formula is C13H12ClN5O2. The summed E-state index contributed by atoms with van der Waals surface area (Å²) in [5.41, 5.74) is 0.841. The number of nitrogens with zero attached hydrogens (tertiary/aromatic N) is 4. The van der Waals surface area contributed by atoms with Gasteiger partial charge in [-0.15, -0.1) is 0 Å². The molecule has 3 heterocycles. The first kappa shape index (κ1) is 13.6. The summed E-state index contributed by atoms with van der Waals surface area (Å²) in [5, 5.41) is 16.2. The molecule has 1 fully saturated rings. The normalized spacial score (nSPS) is 19.3. The third kappa shape index (κ3) is 2.50. The maximum atomic E-state index is 11.3. The average Bonchev–Trinajstić information content (AvgIpc) is 3.04. The van der Waals surface area contributed by atoms with E-state index in [4.69, 9.17) is 21.6 Å². The van der Waals surface area contributed by atoms with Gasteiger partial charge in [-0.25, -0.2) is 4.52 Å². The van der Waals surface area contributed by atoms with Gasteiger partial charge in [0, 0.05) is 18.9 Å². The van der Waals surface area contributed by atoms with Crippen molar-refractivity contribution in [2.45, 2.75) is 19.4 Å². The lowest BCUT2D eigenvalue weighted by Crippen LogP contribution is -2.26. The minimum atomic E-state index is -0.236. The van der Waals surface area contributed by atoms with Crippen LogP contribution in [-0.2, 0) is 4.79 Å². The number of nitrogens with one attached hydrogen (secondary N) is 1. The molecule has 1 N–H and O–H groups in total. The van der Waals surface area contributed by atoms with Crippen LogP contribution in [0.5, 0.6) is 5.88 Å². The van der Waals surface area contributed by atoms with Crippen LogP contribution in [-0.4, -0.2) is 33.2 Å². The van der Waals surface area contributed by atoms with Crippen LogP contribution in [0.1, 0.15) is 18.9 Å². The number of hydrogen-bond acceptors (Lipinski definition) is 5. The lowest BCUT2D eigenvalue weighted by atomic mass is 10.0. The average molecular weight is 306 g/mol. The number of ether oxygens (including phenoxy) is 1. The molecule has 0 unspecified atom stereocenters. The highest BCUT2D eigenvalue weighted by Crippen LogP contribution is 2.26. The summed E-state index contributed by atoms with van der Waals surface area (Å²) in [6, 6.07) is 2.05. The van der Waals surface area contributed by atoms with Gasteiger partial charge in [0.1, 0.15) is 23.3 Å². The van der Waals surface area contributed by atoms with Gasteiger partial charge in [-0.3, -0.25) is 4.79 Å². The van der Waals surface area contributed by atoms with Gasteiger partial charge in [-0.2, -0.15) is 15.3 Å². The van der Waals surface area contributed by atoms with E-state index < -0.39 is 0 Å². The van der Waals surface area contributed by atoms with E-state index in [0.717, 1.165) is 0 Å². The molecule has 0 bridgehead atoms. The van der Waals surface area contributed by atoms with Crippen molar-refractivity contribution in [2.75, 3.05) is 6.54 Å². The minimum absolute atomic E-state index is 0.0155. The highest BCUT2D eigenvalue weighted by molar-refractivity contribution is 6.29. The van der Waals surface area contributed by atoms with Crippen molar-refractivity contribution in [3.05, 3.63) is 23.1 Å². The third-order valence-corrected chi connectivity index (χ3v) is 3.71. The molecule has 1 aliphatic rings. The third-order valence-electron chi connectivity index (χ3n) is 3.53. The van der Waals surface area contributed by atoms with Crippen LogP contribution >= 0.6 is 11.6 Å². The van der Waals surface area contributed by atoms with Gasteiger partial charge in [0.25, 0.3) is 0 Å². The number of aromatic nitrogens is 3. The second-order valence-electron chi connectivity index (χ2n) is 4.92. The van der Waals surface area contributed by atoms with Gasteiger partial charge >= 0.3 is 0 Å². The van der Waals surface area contributed by atoms with E-state index in [1.54, 1.807) is 0 Å². The molecular weight excluding hydrogens is 294 g/mol. The Balaban J connectivity index is 1.94. The predicted molar refractivity (Wildman–Crippen MR) is 73.9 cm³/mol. The van der Waals surface area contributed by atoms with Crippen molar-refractivity contribution < 1.29 is 9.53 Å². The Kier molecular flexibility index (Phi) is 3.39. The van der Waals surface area contributed by atoms with Gasteiger partial charge in [-0.05, 0) is 6.92 Å². The van der Waals surface area contributed by atoms with Crippen molar-refractivity contribution in [2.24, 2.45) is 5.92 Å². The largest absolute Gasteiger partial charge is 0.473 e.